The zero-order valence-electron chi connectivity index (χ0n) is 44.3. The number of carbonyl (C=O) groups excluding carboxylic acids is 2. The van der Waals surface area contributed by atoms with Crippen LogP contribution in [0.3, 0.4) is 0 Å². The van der Waals surface area contributed by atoms with Gasteiger partial charge in [0.1, 0.15) is 6.61 Å². The summed E-state index contributed by atoms with van der Waals surface area (Å²) in [6.45, 7) is 7.50. The van der Waals surface area contributed by atoms with Gasteiger partial charge in [-0.1, -0.05) is 219 Å². The van der Waals surface area contributed by atoms with Crippen molar-refractivity contribution in [3.8, 4) is 0 Å². The summed E-state index contributed by atoms with van der Waals surface area (Å²) in [4.78, 5) is 25.5. The largest absolute Gasteiger partial charge is 0.462 e. The van der Waals surface area contributed by atoms with Crippen LogP contribution in [0, 0.1) is 0 Å². The van der Waals surface area contributed by atoms with Crippen LogP contribution in [0.25, 0.3) is 0 Å². The predicted octanol–water partition coefficient (Wildman–Crippen LogP) is 19.3. The van der Waals surface area contributed by atoms with Crippen molar-refractivity contribution in [3.63, 3.8) is 0 Å². The van der Waals surface area contributed by atoms with Gasteiger partial charge in [-0.15, -0.1) is 0 Å². The molecular weight excluding hydrogens is 837 g/mol. The molecule has 0 spiro atoms. The first kappa shape index (κ1) is 64.3. The van der Waals surface area contributed by atoms with Crippen molar-refractivity contribution >= 4 is 11.9 Å². The Kier molecular flexibility index (Phi) is 54.5. The van der Waals surface area contributed by atoms with Gasteiger partial charge >= 0.3 is 11.9 Å². The molecule has 0 aromatic rings. The second kappa shape index (κ2) is 57.6. The number of carbonyl (C=O) groups is 2. The summed E-state index contributed by atoms with van der Waals surface area (Å²) in [5.41, 5.74) is 0. The Balaban J connectivity index is 4.35. The van der Waals surface area contributed by atoms with Crippen LogP contribution < -0.4 is 0 Å². The van der Waals surface area contributed by atoms with Crippen molar-refractivity contribution in [3.05, 3.63) is 122 Å². The summed E-state index contributed by atoms with van der Waals surface area (Å²) in [5, 5.41) is 0. The Hall–Kier alpha value is -3.70. The SMILES string of the molecule is CC/C=C\C/C=C\C/C=C\C/C=C\CCCCCCCCC(=O)OCC(COCCCCCCCCC/C=C\C/C=C\C/C=C\CCCCC)OC(=O)CCCCC/C=C\C/C=C\C/C=C\CC. The van der Waals surface area contributed by atoms with Gasteiger partial charge in [-0.2, -0.15) is 0 Å². The predicted molar refractivity (Wildman–Crippen MR) is 297 cm³/mol. The molecule has 0 amide bonds. The first-order valence-corrected chi connectivity index (χ1v) is 28.1. The third-order valence-corrected chi connectivity index (χ3v) is 11.5. The third-order valence-electron chi connectivity index (χ3n) is 11.5. The van der Waals surface area contributed by atoms with Gasteiger partial charge in [0.25, 0.3) is 0 Å². The van der Waals surface area contributed by atoms with E-state index >= 15 is 0 Å². The fraction of sp³-hybridized carbons (Fsp3) is 0.651. The topological polar surface area (TPSA) is 61.8 Å². The Labute approximate surface area is 420 Å². The van der Waals surface area contributed by atoms with Crippen LogP contribution >= 0.6 is 0 Å². The lowest BCUT2D eigenvalue weighted by Gasteiger charge is -2.18. The van der Waals surface area contributed by atoms with Gasteiger partial charge in [-0.3, -0.25) is 9.59 Å². The molecule has 5 heteroatoms. The Morgan fingerprint density at radius 1 is 0.338 bits per heavy atom. The Morgan fingerprint density at radius 2 is 0.662 bits per heavy atom. The van der Waals surface area contributed by atoms with E-state index in [2.05, 4.69) is 142 Å². The maximum absolute atomic E-state index is 12.8. The van der Waals surface area contributed by atoms with Crippen LogP contribution in [0.2, 0.25) is 0 Å². The van der Waals surface area contributed by atoms with E-state index in [1.807, 2.05) is 0 Å². The van der Waals surface area contributed by atoms with Crippen LogP contribution in [-0.2, 0) is 23.8 Å². The molecule has 0 aliphatic heterocycles. The van der Waals surface area contributed by atoms with Crippen molar-refractivity contribution in [2.45, 2.75) is 245 Å². The fourth-order valence-electron chi connectivity index (χ4n) is 7.34. The maximum Gasteiger partial charge on any atom is 0.306 e. The van der Waals surface area contributed by atoms with E-state index in [-0.39, 0.29) is 25.2 Å². The minimum absolute atomic E-state index is 0.0543. The molecule has 0 aromatic carbocycles. The van der Waals surface area contributed by atoms with E-state index in [4.69, 9.17) is 14.2 Å². The molecule has 5 nitrogen and oxygen atoms in total. The lowest BCUT2D eigenvalue weighted by Crippen LogP contribution is -2.30. The summed E-state index contributed by atoms with van der Waals surface area (Å²) < 4.78 is 17.4. The number of ether oxygens (including phenoxy) is 3. The Morgan fingerprint density at radius 3 is 1.07 bits per heavy atom. The van der Waals surface area contributed by atoms with Crippen molar-refractivity contribution in [2.24, 2.45) is 0 Å². The molecule has 0 aromatic heterocycles. The van der Waals surface area contributed by atoms with Gasteiger partial charge < -0.3 is 14.2 Å². The van der Waals surface area contributed by atoms with Gasteiger partial charge in [0, 0.05) is 19.4 Å². The summed E-state index contributed by atoms with van der Waals surface area (Å²) in [6.07, 6.45) is 80.7. The minimum Gasteiger partial charge on any atom is -0.462 e. The molecule has 0 rings (SSSR count). The monoisotopic (exact) mass is 941 g/mol. The summed E-state index contributed by atoms with van der Waals surface area (Å²) in [7, 11) is 0. The molecule has 0 N–H and O–H groups in total. The van der Waals surface area contributed by atoms with Crippen LogP contribution in [0.1, 0.15) is 239 Å². The normalized spacial score (nSPS) is 13.2. The summed E-state index contributed by atoms with van der Waals surface area (Å²) in [5.74, 6) is -0.458. The maximum atomic E-state index is 12.8. The van der Waals surface area contributed by atoms with Crippen molar-refractivity contribution in [1.82, 2.24) is 0 Å². The van der Waals surface area contributed by atoms with Crippen LogP contribution in [0.4, 0.5) is 0 Å². The highest BCUT2D eigenvalue weighted by molar-refractivity contribution is 5.70. The van der Waals surface area contributed by atoms with Gasteiger partial charge in [0.15, 0.2) is 6.10 Å². The van der Waals surface area contributed by atoms with Gasteiger partial charge in [-0.25, -0.2) is 0 Å². The minimum atomic E-state index is -0.572. The molecule has 0 saturated heterocycles. The van der Waals surface area contributed by atoms with Gasteiger partial charge in [-0.05, 0) is 128 Å². The molecule has 0 radical (unpaired) electrons. The zero-order chi connectivity index (χ0) is 49.2. The highest BCUT2D eigenvalue weighted by Gasteiger charge is 2.17. The second-order valence-electron chi connectivity index (χ2n) is 18.1. The molecule has 0 heterocycles. The molecule has 0 aliphatic carbocycles. The number of unbranched alkanes of at least 4 members (excludes halogenated alkanes) is 19. The summed E-state index contributed by atoms with van der Waals surface area (Å²) >= 11 is 0. The van der Waals surface area contributed by atoms with Crippen molar-refractivity contribution in [1.29, 1.82) is 0 Å². The third kappa shape index (κ3) is 54.9. The molecule has 1 atom stereocenters. The van der Waals surface area contributed by atoms with E-state index in [0.29, 0.717) is 19.4 Å². The number of allylic oxidation sites excluding steroid dienone is 20. The van der Waals surface area contributed by atoms with Crippen molar-refractivity contribution in [2.75, 3.05) is 19.8 Å². The molecular formula is C63H104O5. The highest BCUT2D eigenvalue weighted by Crippen LogP contribution is 2.13. The molecule has 0 aliphatic rings. The molecule has 0 bridgehead atoms. The Bertz CT molecular complexity index is 1390. The number of esters is 2. The van der Waals surface area contributed by atoms with E-state index in [0.717, 1.165) is 122 Å². The second-order valence-corrected chi connectivity index (χ2v) is 18.1. The van der Waals surface area contributed by atoms with E-state index in [9.17, 15) is 9.59 Å². The highest BCUT2D eigenvalue weighted by atomic mass is 16.6. The van der Waals surface area contributed by atoms with Gasteiger partial charge in [0.05, 0.1) is 6.61 Å². The van der Waals surface area contributed by atoms with E-state index in [1.165, 1.54) is 83.5 Å². The van der Waals surface area contributed by atoms with Crippen LogP contribution in [-0.4, -0.2) is 37.9 Å². The first-order chi connectivity index (χ1) is 33.6. The molecule has 0 saturated carbocycles. The lowest BCUT2D eigenvalue weighted by atomic mass is 10.1. The first-order valence-electron chi connectivity index (χ1n) is 28.1. The lowest BCUT2D eigenvalue weighted by molar-refractivity contribution is -0.163. The van der Waals surface area contributed by atoms with Crippen LogP contribution in [0.5, 0.6) is 0 Å². The number of hydrogen-bond donors (Lipinski definition) is 0. The average Bonchev–Trinajstić information content (AvgIpc) is 3.34. The number of hydrogen-bond acceptors (Lipinski definition) is 5. The van der Waals surface area contributed by atoms with Gasteiger partial charge in [0.2, 0.25) is 0 Å². The molecule has 386 valence electrons. The van der Waals surface area contributed by atoms with Crippen LogP contribution in [0.15, 0.2) is 122 Å². The van der Waals surface area contributed by atoms with E-state index < -0.39 is 6.10 Å². The fourth-order valence-corrected chi connectivity index (χ4v) is 7.34. The molecule has 68 heavy (non-hydrogen) atoms. The number of rotatable bonds is 50. The molecule has 0 fully saturated rings. The summed E-state index contributed by atoms with van der Waals surface area (Å²) in [6, 6.07) is 0. The zero-order valence-corrected chi connectivity index (χ0v) is 44.3. The quantitative estimate of drug-likeness (QED) is 0.0345. The molecule has 1 unspecified atom stereocenters. The van der Waals surface area contributed by atoms with E-state index in [1.54, 1.807) is 0 Å². The standard InChI is InChI=1S/C63H104O5/c1-4-7-10-13-16-19-22-25-27-29-31-33-35-37-40-43-46-49-52-55-58-66-59-61(68-63(65)57-54-51-48-45-42-38-24-21-18-15-12-9-6-3)60-67-62(64)56-53-50-47-44-41-39-36-34-32-30-28-26-23-20-17-14-11-8-5-2/h8-9,11-12,16-21,25-28,31-34,38,42,61H,4-7,10,13-15,22-24,29-30,35-37,39-41,43-60H2,1-3H3/b11-8-,12-9-,19-16-,20-17-,21-18-,27-25-,28-26-,33-31-,34-32-,42-38-. The smallest absolute Gasteiger partial charge is 0.306 e. The average molecular weight is 942 g/mol. The van der Waals surface area contributed by atoms with Crippen molar-refractivity contribution < 1.29 is 23.8 Å².